The quantitative estimate of drug-likeness (QED) is 0.640. The van der Waals surface area contributed by atoms with Crippen LogP contribution in [0.15, 0.2) is 0 Å². The van der Waals surface area contributed by atoms with Crippen molar-refractivity contribution in [3.8, 4) is 0 Å². The van der Waals surface area contributed by atoms with Crippen LogP contribution in [0.25, 0.3) is 0 Å². The molecule has 11 heavy (non-hydrogen) atoms. The fourth-order valence-corrected chi connectivity index (χ4v) is 1.53. The van der Waals surface area contributed by atoms with Gasteiger partial charge in [0, 0.05) is 19.0 Å². The zero-order valence-electron chi connectivity index (χ0n) is 7.05. The minimum Gasteiger partial charge on any atom is -0.340 e. The second-order valence-corrected chi connectivity index (χ2v) is 3.12. The minimum absolute atomic E-state index is 0.297. The lowest BCUT2D eigenvalue weighted by Crippen LogP contribution is -2.35. The molecule has 1 unspecified atom stereocenters. The summed E-state index contributed by atoms with van der Waals surface area (Å²) in [5.74, 6) is 0.297. The van der Waals surface area contributed by atoms with Crippen molar-refractivity contribution >= 4 is 5.91 Å². The maximum Gasteiger partial charge on any atom is 0.222 e. The molecule has 1 fully saturated rings. The molecule has 0 spiro atoms. The summed E-state index contributed by atoms with van der Waals surface area (Å²) < 4.78 is 0. The third-order valence-corrected chi connectivity index (χ3v) is 2.23. The fourth-order valence-electron chi connectivity index (χ4n) is 1.53. The minimum atomic E-state index is 0.297. The molecular weight excluding hydrogens is 140 g/mol. The molecule has 0 aromatic heterocycles. The first-order valence-electron chi connectivity index (χ1n) is 4.25. The maximum absolute atomic E-state index is 11.2. The average molecular weight is 156 g/mol. The number of nitrogens with zero attached hydrogens (tertiary/aromatic N) is 1. The van der Waals surface area contributed by atoms with Gasteiger partial charge >= 0.3 is 0 Å². The van der Waals surface area contributed by atoms with Crippen molar-refractivity contribution in [2.24, 2.45) is 5.73 Å². The van der Waals surface area contributed by atoms with E-state index in [1.54, 1.807) is 0 Å². The van der Waals surface area contributed by atoms with Crippen molar-refractivity contribution in [1.82, 2.24) is 4.90 Å². The lowest BCUT2D eigenvalue weighted by molar-refractivity contribution is -0.129. The van der Waals surface area contributed by atoms with Gasteiger partial charge in [-0.2, -0.15) is 0 Å². The zero-order valence-corrected chi connectivity index (χ0v) is 7.05. The largest absolute Gasteiger partial charge is 0.340 e. The Labute approximate surface area is 67.5 Å². The second-order valence-electron chi connectivity index (χ2n) is 3.12. The van der Waals surface area contributed by atoms with Crippen LogP contribution in [0.1, 0.15) is 26.2 Å². The molecule has 0 aliphatic carbocycles. The van der Waals surface area contributed by atoms with Gasteiger partial charge in [0.15, 0.2) is 0 Å². The third kappa shape index (κ3) is 1.93. The van der Waals surface area contributed by atoms with Crippen LogP contribution in [0, 0.1) is 0 Å². The van der Waals surface area contributed by atoms with Crippen molar-refractivity contribution in [3.63, 3.8) is 0 Å². The Kier molecular flexibility index (Phi) is 2.88. The number of hydrogen-bond donors (Lipinski definition) is 1. The van der Waals surface area contributed by atoms with E-state index in [-0.39, 0.29) is 0 Å². The van der Waals surface area contributed by atoms with E-state index in [0.717, 1.165) is 25.8 Å². The van der Waals surface area contributed by atoms with Crippen LogP contribution in [0.5, 0.6) is 0 Å². The smallest absolute Gasteiger partial charge is 0.222 e. The Morgan fingerprint density at radius 1 is 1.73 bits per heavy atom. The molecule has 1 saturated heterocycles. The van der Waals surface area contributed by atoms with Crippen LogP contribution < -0.4 is 5.73 Å². The van der Waals surface area contributed by atoms with Crippen molar-refractivity contribution in [2.75, 3.05) is 13.1 Å². The van der Waals surface area contributed by atoms with E-state index in [9.17, 15) is 4.79 Å². The van der Waals surface area contributed by atoms with E-state index in [2.05, 4.69) is 6.92 Å². The highest BCUT2D eigenvalue weighted by molar-refractivity contribution is 5.78. The van der Waals surface area contributed by atoms with Gasteiger partial charge in [-0.1, -0.05) is 0 Å². The monoisotopic (exact) mass is 156 g/mol. The molecule has 1 amide bonds. The van der Waals surface area contributed by atoms with E-state index in [0.29, 0.717) is 18.5 Å². The summed E-state index contributed by atoms with van der Waals surface area (Å²) in [7, 11) is 0. The van der Waals surface area contributed by atoms with Crippen LogP contribution >= 0.6 is 0 Å². The molecule has 2 N–H and O–H groups in total. The molecule has 0 aromatic carbocycles. The van der Waals surface area contributed by atoms with Gasteiger partial charge in [0.1, 0.15) is 0 Å². The number of amides is 1. The Morgan fingerprint density at radius 3 is 2.91 bits per heavy atom. The summed E-state index contributed by atoms with van der Waals surface area (Å²) in [5.41, 5.74) is 5.40. The first kappa shape index (κ1) is 8.53. The molecule has 3 nitrogen and oxygen atoms in total. The van der Waals surface area contributed by atoms with Crippen molar-refractivity contribution < 1.29 is 4.79 Å². The van der Waals surface area contributed by atoms with Crippen LogP contribution in [0.2, 0.25) is 0 Å². The predicted octanol–water partition coefficient (Wildman–Crippen LogP) is 0.346. The Morgan fingerprint density at radius 2 is 2.45 bits per heavy atom. The summed E-state index contributed by atoms with van der Waals surface area (Å²) in [6.45, 7) is 3.67. The highest BCUT2D eigenvalue weighted by Gasteiger charge is 2.23. The fraction of sp³-hybridized carbons (Fsp3) is 0.875. The van der Waals surface area contributed by atoms with Gasteiger partial charge < -0.3 is 10.6 Å². The normalized spacial score (nSPS) is 20.9. The SMILES string of the molecule is CC(CCN)N1CCCC1=O. The van der Waals surface area contributed by atoms with E-state index >= 15 is 0 Å². The van der Waals surface area contributed by atoms with Crippen molar-refractivity contribution in [1.29, 1.82) is 0 Å². The number of likely N-dealkylation sites (tertiary alicyclic amines) is 1. The molecule has 1 aliphatic rings. The summed E-state index contributed by atoms with van der Waals surface area (Å²) in [4.78, 5) is 13.1. The van der Waals surface area contributed by atoms with Crippen molar-refractivity contribution in [3.05, 3.63) is 0 Å². The summed E-state index contributed by atoms with van der Waals surface area (Å²) in [5, 5.41) is 0. The van der Waals surface area contributed by atoms with Crippen LogP contribution in [0.3, 0.4) is 0 Å². The topological polar surface area (TPSA) is 46.3 Å². The van der Waals surface area contributed by atoms with Gasteiger partial charge in [0.25, 0.3) is 0 Å². The molecule has 1 atom stereocenters. The van der Waals surface area contributed by atoms with Gasteiger partial charge in [0.2, 0.25) is 5.91 Å². The van der Waals surface area contributed by atoms with Gasteiger partial charge in [-0.15, -0.1) is 0 Å². The lowest BCUT2D eigenvalue weighted by atomic mass is 10.2. The Hall–Kier alpha value is -0.570. The number of rotatable bonds is 3. The maximum atomic E-state index is 11.2. The molecule has 0 radical (unpaired) electrons. The van der Waals surface area contributed by atoms with E-state index < -0.39 is 0 Å². The molecule has 64 valence electrons. The second kappa shape index (κ2) is 3.72. The summed E-state index contributed by atoms with van der Waals surface area (Å²) in [6, 6.07) is 0.343. The summed E-state index contributed by atoms with van der Waals surface area (Å²) in [6.07, 6.45) is 2.67. The molecule has 1 rings (SSSR count). The highest BCUT2D eigenvalue weighted by atomic mass is 16.2. The first-order valence-corrected chi connectivity index (χ1v) is 4.25. The van der Waals surface area contributed by atoms with E-state index in [1.807, 2.05) is 4.90 Å². The number of carbonyl (C=O) groups excluding carboxylic acids is 1. The van der Waals surface area contributed by atoms with E-state index in [4.69, 9.17) is 5.73 Å². The van der Waals surface area contributed by atoms with Crippen LogP contribution in [-0.4, -0.2) is 29.9 Å². The third-order valence-electron chi connectivity index (χ3n) is 2.23. The molecule has 1 heterocycles. The molecule has 0 bridgehead atoms. The van der Waals surface area contributed by atoms with Crippen LogP contribution in [0.4, 0.5) is 0 Å². The van der Waals surface area contributed by atoms with E-state index in [1.165, 1.54) is 0 Å². The van der Waals surface area contributed by atoms with Crippen LogP contribution in [-0.2, 0) is 4.79 Å². The molecule has 0 aromatic rings. The van der Waals surface area contributed by atoms with Gasteiger partial charge in [-0.25, -0.2) is 0 Å². The number of hydrogen-bond acceptors (Lipinski definition) is 2. The predicted molar refractivity (Wildman–Crippen MR) is 44.1 cm³/mol. The first-order chi connectivity index (χ1) is 5.25. The molecule has 1 aliphatic heterocycles. The Balaban J connectivity index is 2.39. The molecule has 3 heteroatoms. The summed E-state index contributed by atoms with van der Waals surface area (Å²) >= 11 is 0. The standard InChI is InChI=1S/C8H16N2O/c1-7(4-5-9)10-6-2-3-8(10)11/h7H,2-6,9H2,1H3. The molecule has 0 saturated carbocycles. The number of carbonyl (C=O) groups is 1. The lowest BCUT2D eigenvalue weighted by Gasteiger charge is -2.23. The number of nitrogens with two attached hydrogens (primary N) is 1. The van der Waals surface area contributed by atoms with Gasteiger partial charge in [-0.05, 0) is 26.3 Å². The average Bonchev–Trinajstić information content (AvgIpc) is 2.36. The zero-order chi connectivity index (χ0) is 8.27. The molecular formula is C8H16N2O. The Bertz CT molecular complexity index is 147. The highest BCUT2D eigenvalue weighted by Crippen LogP contribution is 2.14. The van der Waals surface area contributed by atoms with Gasteiger partial charge in [-0.3, -0.25) is 4.79 Å². The van der Waals surface area contributed by atoms with Gasteiger partial charge in [0.05, 0.1) is 0 Å². The van der Waals surface area contributed by atoms with Crippen molar-refractivity contribution in [2.45, 2.75) is 32.2 Å².